The van der Waals surface area contributed by atoms with Crippen LogP contribution in [0.2, 0.25) is 0 Å². The van der Waals surface area contributed by atoms with Crippen LogP contribution in [-0.4, -0.2) is 57.5 Å². The van der Waals surface area contributed by atoms with Gasteiger partial charge in [-0.05, 0) is 20.8 Å². The van der Waals surface area contributed by atoms with Crippen LogP contribution in [0, 0.1) is 0 Å². The molecule has 1 N–H and O–H groups in total. The van der Waals surface area contributed by atoms with Crippen molar-refractivity contribution in [2.24, 2.45) is 0 Å². The summed E-state index contributed by atoms with van der Waals surface area (Å²) in [4.78, 5) is 2.25. The average Bonchev–Trinajstić information content (AvgIpc) is 2.10. The van der Waals surface area contributed by atoms with Crippen molar-refractivity contribution < 1.29 is 13.2 Å². The van der Waals surface area contributed by atoms with Crippen LogP contribution in [0.15, 0.2) is 0 Å². The largest absolute Gasteiger partial charge is 0.373 e. The van der Waals surface area contributed by atoms with Crippen molar-refractivity contribution in [1.82, 2.24) is 9.62 Å². The van der Waals surface area contributed by atoms with E-state index >= 15 is 0 Å². The van der Waals surface area contributed by atoms with Crippen molar-refractivity contribution in [3.8, 4) is 0 Å². The highest BCUT2D eigenvalue weighted by Gasteiger charge is 2.34. The molecule has 0 saturated carbocycles. The summed E-state index contributed by atoms with van der Waals surface area (Å²) in [5.74, 6) is 0. The molecule has 1 saturated heterocycles. The van der Waals surface area contributed by atoms with E-state index in [4.69, 9.17) is 4.74 Å². The predicted molar refractivity (Wildman–Crippen MR) is 63.9 cm³/mol. The van der Waals surface area contributed by atoms with Crippen LogP contribution in [0.5, 0.6) is 0 Å². The number of rotatable bonds is 4. The lowest BCUT2D eigenvalue weighted by molar-refractivity contribution is -0.120. The molecule has 0 spiro atoms. The molecule has 0 amide bonds. The van der Waals surface area contributed by atoms with E-state index in [2.05, 4.69) is 30.4 Å². The first-order valence-electron chi connectivity index (χ1n) is 5.55. The summed E-state index contributed by atoms with van der Waals surface area (Å²) >= 11 is 0. The van der Waals surface area contributed by atoms with Crippen LogP contribution in [-0.2, 0) is 14.8 Å². The summed E-state index contributed by atoms with van der Waals surface area (Å²) in [7, 11) is -3.08. The Balaban J connectivity index is 2.42. The third-order valence-corrected chi connectivity index (χ3v) is 3.90. The third-order valence-electron chi connectivity index (χ3n) is 3.17. The smallest absolute Gasteiger partial charge is 0.208 e. The number of sulfonamides is 1. The van der Waals surface area contributed by atoms with Crippen LogP contribution < -0.4 is 4.72 Å². The van der Waals surface area contributed by atoms with Gasteiger partial charge in [-0.1, -0.05) is 0 Å². The Morgan fingerprint density at radius 3 is 2.69 bits per heavy atom. The monoisotopic (exact) mass is 250 g/mol. The lowest BCUT2D eigenvalue weighted by Gasteiger charge is -2.44. The van der Waals surface area contributed by atoms with Crippen LogP contribution in [0.3, 0.4) is 0 Å². The minimum Gasteiger partial charge on any atom is -0.373 e. The number of nitrogens with one attached hydrogen (secondary N) is 1. The first kappa shape index (κ1) is 13.9. The first-order valence-corrected chi connectivity index (χ1v) is 7.44. The Hall–Kier alpha value is -0.170. The van der Waals surface area contributed by atoms with Gasteiger partial charge in [0.05, 0.1) is 18.5 Å². The molecule has 1 fully saturated rings. The Kier molecular flexibility index (Phi) is 4.34. The fourth-order valence-corrected chi connectivity index (χ4v) is 2.32. The van der Waals surface area contributed by atoms with Gasteiger partial charge in [0.25, 0.3) is 0 Å². The van der Waals surface area contributed by atoms with E-state index < -0.39 is 10.0 Å². The van der Waals surface area contributed by atoms with Crippen molar-refractivity contribution in [2.45, 2.75) is 32.4 Å². The molecule has 16 heavy (non-hydrogen) atoms. The highest BCUT2D eigenvalue weighted by atomic mass is 32.2. The van der Waals surface area contributed by atoms with Gasteiger partial charge in [-0.2, -0.15) is 0 Å². The second kappa shape index (κ2) is 5.00. The van der Waals surface area contributed by atoms with E-state index in [1.807, 2.05) is 0 Å². The Morgan fingerprint density at radius 2 is 2.12 bits per heavy atom. The molecule has 6 heteroatoms. The lowest BCUT2D eigenvalue weighted by atomic mass is 9.97. The zero-order valence-corrected chi connectivity index (χ0v) is 11.3. The molecule has 0 radical (unpaired) electrons. The molecule has 1 heterocycles. The van der Waals surface area contributed by atoms with Gasteiger partial charge in [-0.3, -0.25) is 4.90 Å². The average molecular weight is 250 g/mol. The summed E-state index contributed by atoms with van der Waals surface area (Å²) in [5, 5.41) is 0. The van der Waals surface area contributed by atoms with Gasteiger partial charge in [0.2, 0.25) is 10.0 Å². The summed E-state index contributed by atoms with van der Waals surface area (Å²) < 4.78 is 30.0. The van der Waals surface area contributed by atoms with Crippen molar-refractivity contribution in [2.75, 3.05) is 32.5 Å². The van der Waals surface area contributed by atoms with E-state index in [-0.39, 0.29) is 5.60 Å². The Morgan fingerprint density at radius 1 is 1.50 bits per heavy atom. The molecule has 5 nitrogen and oxygen atoms in total. The highest BCUT2D eigenvalue weighted by Crippen LogP contribution is 2.23. The number of morpholine rings is 1. The molecule has 0 aromatic carbocycles. The van der Waals surface area contributed by atoms with E-state index in [0.29, 0.717) is 19.2 Å². The van der Waals surface area contributed by atoms with Gasteiger partial charge in [-0.15, -0.1) is 0 Å². The molecule has 96 valence electrons. The van der Waals surface area contributed by atoms with E-state index in [1.165, 1.54) is 6.26 Å². The number of nitrogens with zero attached hydrogens (tertiary/aromatic N) is 1. The minimum atomic E-state index is -3.08. The molecule has 1 aliphatic heterocycles. The zero-order valence-electron chi connectivity index (χ0n) is 10.5. The van der Waals surface area contributed by atoms with Gasteiger partial charge in [-0.25, -0.2) is 13.1 Å². The van der Waals surface area contributed by atoms with Gasteiger partial charge in [0.15, 0.2) is 0 Å². The minimum absolute atomic E-state index is 0.163. The summed E-state index contributed by atoms with van der Waals surface area (Å²) in [6.07, 6.45) is 1.18. The van der Waals surface area contributed by atoms with E-state index in [1.54, 1.807) is 0 Å². The zero-order chi connectivity index (χ0) is 12.4. The van der Waals surface area contributed by atoms with Crippen LogP contribution in [0.25, 0.3) is 0 Å². The SMILES string of the molecule is CC1N(CCNS(C)(=O)=O)CCOC1(C)C. The fraction of sp³-hybridized carbons (Fsp3) is 1.00. The normalized spacial score (nSPS) is 26.9. The van der Waals surface area contributed by atoms with Crippen LogP contribution in [0.1, 0.15) is 20.8 Å². The molecule has 0 bridgehead atoms. The van der Waals surface area contributed by atoms with Gasteiger partial charge >= 0.3 is 0 Å². The molecule has 1 rings (SSSR count). The Labute approximate surface area is 98.2 Å². The van der Waals surface area contributed by atoms with Crippen molar-refractivity contribution in [3.05, 3.63) is 0 Å². The third kappa shape index (κ3) is 4.01. The molecule has 1 aliphatic rings. The van der Waals surface area contributed by atoms with Gasteiger partial charge in [0.1, 0.15) is 0 Å². The molecule has 1 atom stereocenters. The molecule has 0 aromatic heterocycles. The van der Waals surface area contributed by atoms with Gasteiger partial charge in [0, 0.05) is 25.7 Å². The van der Waals surface area contributed by atoms with Gasteiger partial charge < -0.3 is 4.74 Å². The topological polar surface area (TPSA) is 58.6 Å². The molecular formula is C10H22N2O3S. The molecule has 1 unspecified atom stereocenters. The summed E-state index contributed by atoms with van der Waals surface area (Å²) in [6.45, 7) is 8.98. The van der Waals surface area contributed by atoms with Crippen molar-refractivity contribution >= 4 is 10.0 Å². The standard InChI is InChI=1S/C10H22N2O3S/c1-9-10(2,3)15-8-7-12(9)6-5-11-16(4,13)14/h9,11H,5-8H2,1-4H3. The van der Waals surface area contributed by atoms with Crippen LogP contribution >= 0.6 is 0 Å². The second-order valence-corrected chi connectivity index (χ2v) is 6.66. The Bertz CT molecular complexity index is 327. The van der Waals surface area contributed by atoms with E-state index in [9.17, 15) is 8.42 Å². The maximum atomic E-state index is 10.9. The molecule has 0 aromatic rings. The fourth-order valence-electron chi connectivity index (χ4n) is 1.86. The maximum Gasteiger partial charge on any atom is 0.208 e. The first-order chi connectivity index (χ1) is 7.22. The van der Waals surface area contributed by atoms with Crippen molar-refractivity contribution in [1.29, 1.82) is 0 Å². The highest BCUT2D eigenvalue weighted by molar-refractivity contribution is 7.88. The second-order valence-electron chi connectivity index (χ2n) is 4.83. The molecular weight excluding hydrogens is 228 g/mol. The summed E-state index contributed by atoms with van der Waals surface area (Å²) in [5.41, 5.74) is -0.163. The summed E-state index contributed by atoms with van der Waals surface area (Å²) in [6, 6.07) is 0.294. The van der Waals surface area contributed by atoms with Crippen molar-refractivity contribution in [3.63, 3.8) is 0 Å². The number of hydrogen-bond donors (Lipinski definition) is 1. The predicted octanol–water partition coefficient (Wildman–Crippen LogP) is 0.0349. The van der Waals surface area contributed by atoms with Crippen LogP contribution in [0.4, 0.5) is 0 Å². The lowest BCUT2D eigenvalue weighted by Crippen LogP contribution is -2.56. The number of hydrogen-bond acceptors (Lipinski definition) is 4. The van der Waals surface area contributed by atoms with E-state index in [0.717, 1.165) is 13.1 Å². The quantitative estimate of drug-likeness (QED) is 0.765. The maximum absolute atomic E-state index is 10.9. The number of ether oxygens (including phenoxy) is 1. The molecule has 0 aliphatic carbocycles.